The third-order valence-corrected chi connectivity index (χ3v) is 3.11. The van der Waals surface area contributed by atoms with Gasteiger partial charge in [0, 0.05) is 19.7 Å². The van der Waals surface area contributed by atoms with Crippen LogP contribution in [0.3, 0.4) is 0 Å². The van der Waals surface area contributed by atoms with Crippen molar-refractivity contribution >= 4 is 5.91 Å². The molecule has 0 unspecified atom stereocenters. The maximum absolute atomic E-state index is 11.7. The largest absolute Gasteiger partial charge is 0.490 e. The molecule has 0 aliphatic heterocycles. The van der Waals surface area contributed by atoms with Crippen LogP contribution >= 0.6 is 0 Å². The lowest BCUT2D eigenvalue weighted by Gasteiger charge is -2.14. The molecule has 1 aromatic rings. The van der Waals surface area contributed by atoms with Crippen molar-refractivity contribution in [2.45, 2.75) is 31.8 Å². The van der Waals surface area contributed by atoms with Gasteiger partial charge in [-0.05, 0) is 49.9 Å². The maximum Gasteiger partial charge on any atom is 0.253 e. The second-order valence-electron chi connectivity index (χ2n) is 4.75. The van der Waals surface area contributed by atoms with Gasteiger partial charge in [0.2, 0.25) is 0 Å². The summed E-state index contributed by atoms with van der Waals surface area (Å²) in [6.45, 7) is 0. The summed E-state index contributed by atoms with van der Waals surface area (Å²) in [5, 5.41) is 0. The van der Waals surface area contributed by atoms with Crippen molar-refractivity contribution in [3.63, 3.8) is 0 Å². The molecule has 1 aliphatic rings. The van der Waals surface area contributed by atoms with E-state index in [4.69, 9.17) is 4.74 Å². The van der Waals surface area contributed by atoms with Gasteiger partial charge in [-0.3, -0.25) is 4.79 Å². The molecule has 0 atom stereocenters. The Hall–Kier alpha value is -1.51. The summed E-state index contributed by atoms with van der Waals surface area (Å²) >= 11 is 0. The topological polar surface area (TPSA) is 29.5 Å². The smallest absolute Gasteiger partial charge is 0.253 e. The van der Waals surface area contributed by atoms with Crippen LogP contribution in [-0.2, 0) is 0 Å². The van der Waals surface area contributed by atoms with E-state index in [9.17, 15) is 4.79 Å². The second kappa shape index (κ2) is 5.21. The Balaban J connectivity index is 1.99. The quantitative estimate of drug-likeness (QED) is 0.803. The van der Waals surface area contributed by atoms with Gasteiger partial charge in [0.15, 0.2) is 0 Å². The average molecular weight is 233 g/mol. The average Bonchev–Trinajstić information content (AvgIpc) is 2.82. The Bertz CT molecular complexity index is 378. The molecule has 0 N–H and O–H groups in total. The first-order valence-corrected chi connectivity index (χ1v) is 6.15. The van der Waals surface area contributed by atoms with Crippen LogP contribution in [0.4, 0.5) is 0 Å². The molecular formula is C14H19NO2. The summed E-state index contributed by atoms with van der Waals surface area (Å²) in [6.07, 6.45) is 5.20. The molecule has 0 saturated heterocycles. The predicted molar refractivity (Wildman–Crippen MR) is 67.3 cm³/mol. The third kappa shape index (κ3) is 2.99. The monoisotopic (exact) mass is 233 g/mol. The molecular weight excluding hydrogens is 214 g/mol. The van der Waals surface area contributed by atoms with E-state index in [2.05, 4.69) is 0 Å². The number of rotatable bonds is 3. The van der Waals surface area contributed by atoms with Gasteiger partial charge in [-0.15, -0.1) is 0 Å². The number of hydrogen-bond donors (Lipinski definition) is 0. The van der Waals surface area contributed by atoms with Gasteiger partial charge in [-0.2, -0.15) is 0 Å². The number of nitrogens with zero attached hydrogens (tertiary/aromatic N) is 1. The Morgan fingerprint density at radius 2 is 1.76 bits per heavy atom. The normalized spacial score (nSPS) is 15.9. The highest BCUT2D eigenvalue weighted by molar-refractivity contribution is 5.93. The summed E-state index contributed by atoms with van der Waals surface area (Å²) in [5.74, 6) is 0.893. The van der Waals surface area contributed by atoms with E-state index in [0.29, 0.717) is 11.7 Å². The van der Waals surface area contributed by atoms with Gasteiger partial charge < -0.3 is 9.64 Å². The summed E-state index contributed by atoms with van der Waals surface area (Å²) in [7, 11) is 3.51. The van der Waals surface area contributed by atoms with Crippen LogP contribution in [0.5, 0.6) is 5.75 Å². The van der Waals surface area contributed by atoms with Crippen LogP contribution in [0.1, 0.15) is 36.0 Å². The molecule has 1 aromatic carbocycles. The van der Waals surface area contributed by atoms with Crippen molar-refractivity contribution in [3.8, 4) is 5.75 Å². The van der Waals surface area contributed by atoms with Gasteiger partial charge in [0.25, 0.3) is 5.91 Å². The first-order valence-electron chi connectivity index (χ1n) is 6.15. The zero-order valence-corrected chi connectivity index (χ0v) is 10.5. The Morgan fingerprint density at radius 3 is 2.29 bits per heavy atom. The number of ether oxygens (including phenoxy) is 1. The number of carbonyl (C=O) groups excluding carboxylic acids is 1. The van der Waals surface area contributed by atoms with Gasteiger partial charge in [0.05, 0.1) is 6.10 Å². The lowest BCUT2D eigenvalue weighted by molar-refractivity contribution is 0.0827. The Labute approximate surface area is 102 Å². The predicted octanol–water partition coefficient (Wildman–Crippen LogP) is 2.71. The lowest BCUT2D eigenvalue weighted by atomic mass is 10.2. The zero-order valence-electron chi connectivity index (χ0n) is 10.5. The number of hydrogen-bond acceptors (Lipinski definition) is 2. The molecule has 0 heterocycles. The van der Waals surface area contributed by atoms with E-state index in [0.717, 1.165) is 18.6 Å². The minimum absolute atomic E-state index is 0.0254. The molecule has 0 aromatic heterocycles. The van der Waals surface area contributed by atoms with Crippen molar-refractivity contribution in [1.82, 2.24) is 4.90 Å². The van der Waals surface area contributed by atoms with Crippen LogP contribution in [0.25, 0.3) is 0 Å². The van der Waals surface area contributed by atoms with Crippen LogP contribution < -0.4 is 4.74 Å². The standard InChI is InChI=1S/C14H19NO2/c1-15(2)14(16)11-7-9-13(10-8-11)17-12-5-3-4-6-12/h7-10,12H,3-6H2,1-2H3. The van der Waals surface area contributed by atoms with Gasteiger partial charge >= 0.3 is 0 Å². The molecule has 3 nitrogen and oxygen atoms in total. The second-order valence-corrected chi connectivity index (χ2v) is 4.75. The van der Waals surface area contributed by atoms with Crippen LogP contribution in [0.2, 0.25) is 0 Å². The Morgan fingerprint density at radius 1 is 1.18 bits per heavy atom. The number of benzene rings is 1. The molecule has 0 bridgehead atoms. The number of carbonyl (C=O) groups is 1. The molecule has 1 amide bonds. The zero-order chi connectivity index (χ0) is 12.3. The molecule has 17 heavy (non-hydrogen) atoms. The first-order chi connectivity index (χ1) is 8.16. The Kier molecular flexibility index (Phi) is 3.67. The van der Waals surface area contributed by atoms with E-state index in [1.807, 2.05) is 24.3 Å². The van der Waals surface area contributed by atoms with E-state index < -0.39 is 0 Å². The minimum Gasteiger partial charge on any atom is -0.490 e. The summed E-state index contributed by atoms with van der Waals surface area (Å²) in [4.78, 5) is 13.3. The van der Waals surface area contributed by atoms with Crippen molar-refractivity contribution in [1.29, 1.82) is 0 Å². The maximum atomic E-state index is 11.7. The van der Waals surface area contributed by atoms with E-state index in [1.54, 1.807) is 19.0 Å². The van der Waals surface area contributed by atoms with Gasteiger partial charge in [-0.25, -0.2) is 0 Å². The lowest BCUT2D eigenvalue weighted by Crippen LogP contribution is -2.21. The summed E-state index contributed by atoms with van der Waals surface area (Å²) in [5.41, 5.74) is 0.703. The van der Waals surface area contributed by atoms with Crippen LogP contribution in [-0.4, -0.2) is 31.0 Å². The molecule has 3 heteroatoms. The molecule has 1 saturated carbocycles. The highest BCUT2D eigenvalue weighted by Gasteiger charge is 2.16. The van der Waals surface area contributed by atoms with Crippen LogP contribution in [0.15, 0.2) is 24.3 Å². The van der Waals surface area contributed by atoms with Gasteiger partial charge in [-0.1, -0.05) is 0 Å². The number of amides is 1. The molecule has 1 fully saturated rings. The fraction of sp³-hybridized carbons (Fsp3) is 0.500. The van der Waals surface area contributed by atoms with Gasteiger partial charge in [0.1, 0.15) is 5.75 Å². The molecule has 2 rings (SSSR count). The molecule has 0 spiro atoms. The minimum atomic E-state index is 0.0254. The van der Waals surface area contributed by atoms with Crippen molar-refractivity contribution < 1.29 is 9.53 Å². The fourth-order valence-corrected chi connectivity index (χ4v) is 2.13. The first kappa shape index (κ1) is 12.0. The summed E-state index contributed by atoms with van der Waals surface area (Å²) in [6, 6.07) is 7.42. The third-order valence-electron chi connectivity index (χ3n) is 3.11. The van der Waals surface area contributed by atoms with Crippen molar-refractivity contribution in [2.24, 2.45) is 0 Å². The molecule has 0 radical (unpaired) electrons. The van der Waals surface area contributed by atoms with E-state index in [1.165, 1.54) is 12.8 Å². The highest BCUT2D eigenvalue weighted by atomic mass is 16.5. The SMILES string of the molecule is CN(C)C(=O)c1ccc(OC2CCCC2)cc1. The van der Waals surface area contributed by atoms with Crippen molar-refractivity contribution in [3.05, 3.63) is 29.8 Å². The van der Waals surface area contributed by atoms with Crippen LogP contribution in [0, 0.1) is 0 Å². The summed E-state index contributed by atoms with van der Waals surface area (Å²) < 4.78 is 5.85. The fourth-order valence-electron chi connectivity index (χ4n) is 2.13. The van der Waals surface area contributed by atoms with Crippen molar-refractivity contribution in [2.75, 3.05) is 14.1 Å². The highest BCUT2D eigenvalue weighted by Crippen LogP contribution is 2.24. The van der Waals surface area contributed by atoms with E-state index in [-0.39, 0.29) is 5.91 Å². The molecule has 1 aliphatic carbocycles. The molecule has 92 valence electrons. The van der Waals surface area contributed by atoms with E-state index >= 15 is 0 Å².